The first-order valence-corrected chi connectivity index (χ1v) is 9.65. The van der Waals surface area contributed by atoms with Crippen molar-refractivity contribution >= 4 is 17.0 Å². The lowest BCUT2D eigenvalue weighted by Gasteiger charge is -2.33. The van der Waals surface area contributed by atoms with Gasteiger partial charge in [-0.15, -0.1) is 0 Å². The van der Waals surface area contributed by atoms with Crippen LogP contribution in [-0.4, -0.2) is 33.2 Å². The van der Waals surface area contributed by atoms with Gasteiger partial charge in [-0.3, -0.25) is 0 Å². The fourth-order valence-corrected chi connectivity index (χ4v) is 3.39. The lowest BCUT2D eigenvalue weighted by atomic mass is 9.85. The summed E-state index contributed by atoms with van der Waals surface area (Å²) in [5, 5.41) is 10.5. The van der Waals surface area contributed by atoms with Crippen LogP contribution >= 0.6 is 0 Å². The molecule has 1 heterocycles. The maximum Gasteiger partial charge on any atom is 0.410 e. The SMILES string of the molecule is C=C(O)Cc1ccc2cc(CN(CC3CCC3)C(=O)OC(C)(C)C)[nH]c2c1. The number of nitrogens with one attached hydrogen (secondary N) is 1. The highest BCUT2D eigenvalue weighted by Gasteiger charge is 2.27. The molecule has 1 aromatic carbocycles. The van der Waals surface area contributed by atoms with Crippen LogP contribution in [0, 0.1) is 5.92 Å². The number of ether oxygens (including phenoxy) is 1. The largest absolute Gasteiger partial charge is 0.513 e. The molecule has 1 aromatic heterocycles. The van der Waals surface area contributed by atoms with Crippen molar-refractivity contribution in [3.63, 3.8) is 0 Å². The van der Waals surface area contributed by atoms with Crippen molar-refractivity contribution in [3.8, 4) is 0 Å². The van der Waals surface area contributed by atoms with E-state index in [1.165, 1.54) is 19.3 Å². The summed E-state index contributed by atoms with van der Waals surface area (Å²) in [7, 11) is 0. The summed E-state index contributed by atoms with van der Waals surface area (Å²) in [4.78, 5) is 17.9. The number of benzene rings is 1. The average Bonchev–Trinajstić information content (AvgIpc) is 2.88. The molecule has 0 radical (unpaired) electrons. The van der Waals surface area contributed by atoms with Gasteiger partial charge in [-0.25, -0.2) is 4.79 Å². The number of H-pyrrole nitrogens is 1. The number of fused-ring (bicyclic) bond motifs is 1. The Labute approximate surface area is 161 Å². The average molecular weight is 370 g/mol. The molecular formula is C22H30N2O3. The monoisotopic (exact) mass is 370 g/mol. The number of aliphatic hydroxyl groups excluding tert-OH is 1. The fraction of sp³-hybridized carbons (Fsp3) is 0.500. The number of hydrogen-bond donors (Lipinski definition) is 2. The summed E-state index contributed by atoms with van der Waals surface area (Å²) in [6.45, 7) is 10.5. The van der Waals surface area contributed by atoms with Crippen LogP contribution in [0.15, 0.2) is 36.6 Å². The smallest absolute Gasteiger partial charge is 0.410 e. The van der Waals surface area contributed by atoms with Gasteiger partial charge in [-0.1, -0.05) is 25.1 Å². The minimum atomic E-state index is -0.503. The standard InChI is InChI=1S/C22H30N2O3/c1-15(25)10-17-8-9-18-12-19(23-20(18)11-17)14-24(13-16-6-5-7-16)21(26)27-22(2,3)4/h8-9,11-12,16,23,25H,1,5-7,10,13-14H2,2-4H3. The van der Waals surface area contributed by atoms with E-state index >= 15 is 0 Å². The van der Waals surface area contributed by atoms with Crippen molar-refractivity contribution in [3.05, 3.63) is 47.9 Å². The maximum absolute atomic E-state index is 12.7. The molecule has 0 saturated heterocycles. The van der Waals surface area contributed by atoms with Crippen LogP contribution in [0.3, 0.4) is 0 Å². The Bertz CT molecular complexity index is 828. The molecule has 3 rings (SSSR count). The molecule has 1 aliphatic rings. The highest BCUT2D eigenvalue weighted by atomic mass is 16.6. The number of aromatic amines is 1. The minimum Gasteiger partial charge on any atom is -0.513 e. The third-order valence-electron chi connectivity index (χ3n) is 4.87. The topological polar surface area (TPSA) is 65.6 Å². The summed E-state index contributed by atoms with van der Waals surface area (Å²) in [5.74, 6) is 0.724. The van der Waals surface area contributed by atoms with Crippen molar-refractivity contribution in [2.75, 3.05) is 6.54 Å². The van der Waals surface area contributed by atoms with Gasteiger partial charge in [-0.05, 0) is 62.6 Å². The first-order valence-electron chi connectivity index (χ1n) is 9.65. The van der Waals surface area contributed by atoms with Crippen LogP contribution in [0.1, 0.15) is 51.3 Å². The van der Waals surface area contributed by atoms with Gasteiger partial charge in [0, 0.05) is 24.2 Å². The quantitative estimate of drug-likeness (QED) is 0.676. The summed E-state index contributed by atoms with van der Waals surface area (Å²) in [6.07, 6.45) is 3.79. The molecule has 1 saturated carbocycles. The third kappa shape index (κ3) is 5.28. The van der Waals surface area contributed by atoms with Gasteiger partial charge in [-0.2, -0.15) is 0 Å². The predicted molar refractivity (Wildman–Crippen MR) is 108 cm³/mol. The zero-order valence-electron chi connectivity index (χ0n) is 16.5. The Kier molecular flexibility index (Phi) is 5.49. The first kappa shape index (κ1) is 19.3. The molecule has 5 heteroatoms. The number of nitrogens with zero attached hydrogens (tertiary/aromatic N) is 1. The van der Waals surface area contributed by atoms with E-state index in [2.05, 4.69) is 17.6 Å². The van der Waals surface area contributed by atoms with Gasteiger partial charge in [0.15, 0.2) is 0 Å². The van der Waals surface area contributed by atoms with Crippen LogP contribution in [-0.2, 0) is 17.7 Å². The van der Waals surface area contributed by atoms with Crippen molar-refractivity contribution in [1.82, 2.24) is 9.88 Å². The van der Waals surface area contributed by atoms with E-state index in [4.69, 9.17) is 4.74 Å². The van der Waals surface area contributed by atoms with E-state index in [-0.39, 0.29) is 11.9 Å². The molecule has 1 fully saturated rings. The molecule has 0 aliphatic heterocycles. The number of aliphatic hydroxyl groups is 1. The predicted octanol–water partition coefficient (Wildman–Crippen LogP) is 5.32. The Morgan fingerprint density at radius 1 is 1.33 bits per heavy atom. The molecular weight excluding hydrogens is 340 g/mol. The van der Waals surface area contributed by atoms with Gasteiger partial charge in [0.25, 0.3) is 0 Å². The van der Waals surface area contributed by atoms with Crippen molar-refractivity contribution < 1.29 is 14.6 Å². The Morgan fingerprint density at radius 2 is 2.07 bits per heavy atom. The third-order valence-corrected chi connectivity index (χ3v) is 4.87. The minimum absolute atomic E-state index is 0.151. The maximum atomic E-state index is 12.7. The number of rotatable bonds is 6. The van der Waals surface area contributed by atoms with Crippen LogP contribution in [0.5, 0.6) is 0 Å². The molecule has 0 unspecified atom stereocenters. The molecule has 2 aromatic rings. The Hall–Kier alpha value is -2.43. The number of carbonyl (C=O) groups excluding carboxylic acids is 1. The molecule has 1 aliphatic carbocycles. The fourth-order valence-electron chi connectivity index (χ4n) is 3.39. The zero-order valence-corrected chi connectivity index (χ0v) is 16.5. The van der Waals surface area contributed by atoms with Crippen LogP contribution in [0.4, 0.5) is 4.79 Å². The summed E-state index contributed by atoms with van der Waals surface area (Å²) < 4.78 is 5.61. The zero-order chi connectivity index (χ0) is 19.6. The van der Waals surface area contributed by atoms with Gasteiger partial charge in [0.1, 0.15) is 5.60 Å². The van der Waals surface area contributed by atoms with Gasteiger partial charge in [0.2, 0.25) is 0 Å². The van der Waals surface area contributed by atoms with Crippen molar-refractivity contribution in [1.29, 1.82) is 0 Å². The number of hydrogen-bond acceptors (Lipinski definition) is 3. The van der Waals surface area contributed by atoms with E-state index in [1.807, 2.05) is 43.9 Å². The van der Waals surface area contributed by atoms with Gasteiger partial charge in [0.05, 0.1) is 12.3 Å². The Balaban J connectivity index is 1.77. The molecule has 0 spiro atoms. The summed E-state index contributed by atoms with van der Waals surface area (Å²) in [6, 6.07) is 8.10. The van der Waals surface area contributed by atoms with Crippen molar-refractivity contribution in [2.45, 2.75) is 58.6 Å². The summed E-state index contributed by atoms with van der Waals surface area (Å²) >= 11 is 0. The normalized spacial score (nSPS) is 14.8. The van der Waals surface area contributed by atoms with Crippen LogP contribution in [0.2, 0.25) is 0 Å². The molecule has 146 valence electrons. The van der Waals surface area contributed by atoms with Crippen LogP contribution in [0.25, 0.3) is 10.9 Å². The van der Waals surface area contributed by atoms with Crippen LogP contribution < -0.4 is 0 Å². The highest BCUT2D eigenvalue weighted by Crippen LogP contribution is 2.28. The van der Waals surface area contributed by atoms with Gasteiger partial charge < -0.3 is 19.7 Å². The van der Waals surface area contributed by atoms with E-state index in [0.29, 0.717) is 18.9 Å². The van der Waals surface area contributed by atoms with Gasteiger partial charge >= 0.3 is 6.09 Å². The lowest BCUT2D eigenvalue weighted by Crippen LogP contribution is -2.40. The number of aromatic nitrogens is 1. The molecule has 0 bridgehead atoms. The second-order valence-corrected chi connectivity index (χ2v) is 8.62. The second kappa shape index (κ2) is 7.67. The van der Waals surface area contributed by atoms with Crippen molar-refractivity contribution in [2.24, 2.45) is 5.92 Å². The van der Waals surface area contributed by atoms with E-state index in [0.717, 1.165) is 28.7 Å². The molecule has 2 N–H and O–H groups in total. The number of carbonyl (C=O) groups is 1. The van der Waals surface area contributed by atoms with E-state index in [1.54, 1.807) is 0 Å². The Morgan fingerprint density at radius 3 is 2.67 bits per heavy atom. The summed E-state index contributed by atoms with van der Waals surface area (Å²) in [5.41, 5.74) is 2.48. The van der Waals surface area contributed by atoms with E-state index < -0.39 is 5.60 Å². The van der Waals surface area contributed by atoms with E-state index in [9.17, 15) is 9.90 Å². The second-order valence-electron chi connectivity index (χ2n) is 8.62. The molecule has 1 amide bonds. The number of allylic oxidation sites excluding steroid dienone is 1. The molecule has 0 atom stereocenters. The number of amides is 1. The molecule has 27 heavy (non-hydrogen) atoms. The first-order chi connectivity index (χ1) is 12.7. The lowest BCUT2D eigenvalue weighted by molar-refractivity contribution is 0.0171. The molecule has 5 nitrogen and oxygen atoms in total. The highest BCUT2D eigenvalue weighted by molar-refractivity contribution is 5.81.